The van der Waals surface area contributed by atoms with Gasteiger partial charge in [-0.3, -0.25) is 4.79 Å². The number of anilines is 1. The molecule has 2 N–H and O–H groups in total. The molecule has 1 atom stereocenters. The summed E-state index contributed by atoms with van der Waals surface area (Å²) in [5.41, 5.74) is 0.220. The second-order valence-corrected chi connectivity index (χ2v) is 6.17. The summed E-state index contributed by atoms with van der Waals surface area (Å²) in [5, 5.41) is 5.88. The molecule has 0 bridgehead atoms. The van der Waals surface area contributed by atoms with Crippen molar-refractivity contribution in [2.75, 3.05) is 23.4 Å². The predicted molar refractivity (Wildman–Crippen MR) is 83.7 cm³/mol. The van der Waals surface area contributed by atoms with Crippen molar-refractivity contribution in [1.82, 2.24) is 5.32 Å². The van der Waals surface area contributed by atoms with Crippen molar-refractivity contribution in [2.45, 2.75) is 12.5 Å². The molecular weight excluding hydrogens is 355 g/mol. The molecule has 19 heavy (non-hydrogen) atoms. The highest BCUT2D eigenvalue weighted by atomic mass is 79.9. The highest BCUT2D eigenvalue weighted by Gasteiger charge is 2.17. The second kappa shape index (κ2) is 8.09. The van der Waals surface area contributed by atoms with Crippen LogP contribution in [-0.2, 0) is 4.79 Å². The highest BCUT2D eigenvalue weighted by Crippen LogP contribution is 2.20. The Morgan fingerprint density at radius 3 is 3.05 bits per heavy atom. The minimum atomic E-state index is -0.419. The first-order valence-corrected chi connectivity index (χ1v) is 7.66. The molecule has 1 aliphatic heterocycles. The SMILES string of the molecule is Cl.O=C(CC1CSCCN1)Nc1cc(Br)ccc1F. The Labute approximate surface area is 130 Å². The Bertz CT molecular complexity index is 444. The van der Waals surface area contributed by atoms with Gasteiger partial charge in [0, 0.05) is 35.0 Å². The van der Waals surface area contributed by atoms with Gasteiger partial charge >= 0.3 is 0 Å². The quantitative estimate of drug-likeness (QED) is 0.860. The van der Waals surface area contributed by atoms with Gasteiger partial charge in [0.15, 0.2) is 0 Å². The third-order valence-corrected chi connectivity index (χ3v) is 4.26. The van der Waals surface area contributed by atoms with Crippen LogP contribution in [0.15, 0.2) is 22.7 Å². The Morgan fingerprint density at radius 2 is 2.37 bits per heavy atom. The third kappa shape index (κ3) is 5.30. The number of thioether (sulfide) groups is 1. The van der Waals surface area contributed by atoms with Gasteiger partial charge in [-0.15, -0.1) is 12.4 Å². The van der Waals surface area contributed by atoms with Crippen LogP contribution >= 0.6 is 40.1 Å². The second-order valence-electron chi connectivity index (χ2n) is 4.10. The molecule has 106 valence electrons. The predicted octanol–water partition coefficient (Wildman–Crippen LogP) is 3.04. The molecule has 0 aromatic heterocycles. The lowest BCUT2D eigenvalue weighted by molar-refractivity contribution is -0.116. The van der Waals surface area contributed by atoms with Crippen molar-refractivity contribution in [3.63, 3.8) is 0 Å². The summed E-state index contributed by atoms with van der Waals surface area (Å²) in [4.78, 5) is 11.8. The molecule has 1 aliphatic rings. The molecule has 1 unspecified atom stereocenters. The summed E-state index contributed by atoms with van der Waals surface area (Å²) < 4.78 is 14.2. The molecule has 1 heterocycles. The fourth-order valence-corrected chi connectivity index (χ4v) is 3.08. The van der Waals surface area contributed by atoms with Crippen molar-refractivity contribution < 1.29 is 9.18 Å². The first-order valence-electron chi connectivity index (χ1n) is 5.71. The minimum absolute atomic E-state index is 0. The molecule has 0 aliphatic carbocycles. The molecule has 1 saturated heterocycles. The van der Waals surface area contributed by atoms with Crippen LogP contribution in [0.3, 0.4) is 0 Å². The number of hydrogen-bond acceptors (Lipinski definition) is 3. The largest absolute Gasteiger partial charge is 0.324 e. The van der Waals surface area contributed by atoms with E-state index >= 15 is 0 Å². The van der Waals surface area contributed by atoms with Crippen molar-refractivity contribution in [1.29, 1.82) is 0 Å². The van der Waals surface area contributed by atoms with Crippen molar-refractivity contribution >= 4 is 51.7 Å². The zero-order valence-electron chi connectivity index (χ0n) is 10.1. The maximum Gasteiger partial charge on any atom is 0.226 e. The number of rotatable bonds is 3. The summed E-state index contributed by atoms with van der Waals surface area (Å²) in [6.45, 7) is 0.924. The molecular formula is C12H15BrClFN2OS. The first kappa shape index (κ1) is 16.8. The smallest absolute Gasteiger partial charge is 0.226 e. The van der Waals surface area contributed by atoms with Crippen LogP contribution in [0.4, 0.5) is 10.1 Å². The van der Waals surface area contributed by atoms with E-state index in [1.54, 1.807) is 12.1 Å². The average Bonchev–Trinajstić information content (AvgIpc) is 2.35. The average molecular weight is 370 g/mol. The number of carbonyl (C=O) groups is 1. The van der Waals surface area contributed by atoms with Gasteiger partial charge in [0.25, 0.3) is 0 Å². The monoisotopic (exact) mass is 368 g/mol. The van der Waals surface area contributed by atoms with Crippen molar-refractivity contribution in [3.8, 4) is 0 Å². The van der Waals surface area contributed by atoms with E-state index in [1.807, 2.05) is 11.8 Å². The molecule has 7 heteroatoms. The lowest BCUT2D eigenvalue weighted by Crippen LogP contribution is -2.39. The summed E-state index contributed by atoms with van der Waals surface area (Å²) in [6.07, 6.45) is 0.374. The highest BCUT2D eigenvalue weighted by molar-refractivity contribution is 9.10. The van der Waals surface area contributed by atoms with Gasteiger partial charge < -0.3 is 10.6 Å². The topological polar surface area (TPSA) is 41.1 Å². The van der Waals surface area contributed by atoms with Gasteiger partial charge in [0.1, 0.15) is 5.82 Å². The number of benzene rings is 1. The zero-order chi connectivity index (χ0) is 13.0. The van der Waals surface area contributed by atoms with Gasteiger partial charge in [-0.25, -0.2) is 4.39 Å². The van der Waals surface area contributed by atoms with E-state index in [0.717, 1.165) is 22.5 Å². The number of nitrogens with one attached hydrogen (secondary N) is 2. The van der Waals surface area contributed by atoms with E-state index < -0.39 is 5.82 Å². The van der Waals surface area contributed by atoms with E-state index in [2.05, 4.69) is 26.6 Å². The number of carbonyl (C=O) groups excluding carboxylic acids is 1. The lowest BCUT2D eigenvalue weighted by atomic mass is 10.2. The van der Waals surface area contributed by atoms with Crippen LogP contribution in [0.2, 0.25) is 0 Å². The van der Waals surface area contributed by atoms with E-state index in [9.17, 15) is 9.18 Å². The van der Waals surface area contributed by atoms with Crippen LogP contribution in [0.5, 0.6) is 0 Å². The molecule has 1 amide bonds. The maximum absolute atomic E-state index is 13.5. The minimum Gasteiger partial charge on any atom is -0.324 e. The van der Waals surface area contributed by atoms with Crippen LogP contribution in [0.1, 0.15) is 6.42 Å². The van der Waals surface area contributed by atoms with E-state index in [4.69, 9.17) is 0 Å². The summed E-state index contributed by atoms with van der Waals surface area (Å²) in [7, 11) is 0. The molecule has 1 aromatic rings. The molecule has 1 aromatic carbocycles. The molecule has 1 fully saturated rings. The number of hydrogen-bond donors (Lipinski definition) is 2. The third-order valence-electron chi connectivity index (χ3n) is 2.63. The summed E-state index contributed by atoms with van der Waals surface area (Å²) >= 11 is 5.08. The standard InChI is InChI=1S/C12H14BrFN2OS.ClH/c13-8-1-2-10(14)11(5-8)16-12(17)6-9-7-18-4-3-15-9;/h1-2,5,9,15H,3-4,6-7H2,(H,16,17);1H. The Kier molecular flexibility index (Phi) is 7.13. The van der Waals surface area contributed by atoms with Crippen molar-refractivity contribution in [3.05, 3.63) is 28.5 Å². The fourth-order valence-electron chi connectivity index (χ4n) is 1.77. The van der Waals surface area contributed by atoms with Gasteiger partial charge in [0.2, 0.25) is 5.91 Å². The summed E-state index contributed by atoms with van der Waals surface area (Å²) in [5.74, 6) is 1.43. The van der Waals surface area contributed by atoms with E-state index in [0.29, 0.717) is 6.42 Å². The molecule has 0 saturated carbocycles. The molecule has 3 nitrogen and oxygen atoms in total. The zero-order valence-corrected chi connectivity index (χ0v) is 13.3. The first-order chi connectivity index (χ1) is 8.65. The molecule has 2 rings (SSSR count). The van der Waals surface area contributed by atoms with Crippen molar-refractivity contribution in [2.24, 2.45) is 0 Å². The fraction of sp³-hybridized carbons (Fsp3) is 0.417. The Hall–Kier alpha value is -0.300. The number of halogens is 3. The molecule has 0 spiro atoms. The summed E-state index contributed by atoms with van der Waals surface area (Å²) in [6, 6.07) is 4.67. The van der Waals surface area contributed by atoms with Gasteiger partial charge in [0.05, 0.1) is 5.69 Å². The van der Waals surface area contributed by atoms with Gasteiger partial charge in [-0.2, -0.15) is 11.8 Å². The molecule has 0 radical (unpaired) electrons. The van der Waals surface area contributed by atoms with E-state index in [1.165, 1.54) is 6.07 Å². The number of amides is 1. The van der Waals surface area contributed by atoms with Crippen LogP contribution < -0.4 is 10.6 Å². The Balaban J connectivity index is 0.00000180. The Morgan fingerprint density at radius 1 is 1.58 bits per heavy atom. The van der Waals surface area contributed by atoms with Gasteiger partial charge in [-0.05, 0) is 18.2 Å². The van der Waals surface area contributed by atoms with Crippen LogP contribution in [0.25, 0.3) is 0 Å². The van der Waals surface area contributed by atoms with E-state index in [-0.39, 0.29) is 30.0 Å². The lowest BCUT2D eigenvalue weighted by Gasteiger charge is -2.22. The normalized spacial score (nSPS) is 18.5. The van der Waals surface area contributed by atoms with Crippen LogP contribution in [0, 0.1) is 5.82 Å². The van der Waals surface area contributed by atoms with Gasteiger partial charge in [-0.1, -0.05) is 15.9 Å². The maximum atomic E-state index is 13.5. The van der Waals surface area contributed by atoms with Crippen LogP contribution in [-0.4, -0.2) is 30.0 Å².